The van der Waals surface area contributed by atoms with Crippen molar-refractivity contribution in [1.82, 2.24) is 21.3 Å². The van der Waals surface area contributed by atoms with E-state index < -0.39 is 23.5 Å². The lowest BCUT2D eigenvalue weighted by atomic mass is 10.1. The largest absolute Gasteiger partial charge is 0.458 e. The first-order valence-corrected chi connectivity index (χ1v) is 24.6. The number of nitrogens with one attached hydrogen (secondary N) is 4. The summed E-state index contributed by atoms with van der Waals surface area (Å²) in [6.45, 7) is 11.2. The molecule has 0 saturated heterocycles. The van der Waals surface area contributed by atoms with Gasteiger partial charge >= 0.3 is 5.97 Å². The summed E-state index contributed by atoms with van der Waals surface area (Å²) >= 11 is 2.08. The third-order valence-electron chi connectivity index (χ3n) is 9.66. The van der Waals surface area contributed by atoms with Gasteiger partial charge in [-0.1, -0.05) is 58.3 Å². The third kappa shape index (κ3) is 40.2. The molecule has 0 spiro atoms. The van der Waals surface area contributed by atoms with Crippen molar-refractivity contribution in [2.75, 3.05) is 84.5 Å². The van der Waals surface area contributed by atoms with Crippen LogP contribution in [0.4, 0.5) is 0 Å². The van der Waals surface area contributed by atoms with Crippen LogP contribution in [0.1, 0.15) is 157 Å². The summed E-state index contributed by atoms with van der Waals surface area (Å²) in [5, 5.41) is 11.3. The third-order valence-corrected chi connectivity index (χ3v) is 10.8. The molecule has 15 nitrogen and oxygen atoms in total. The minimum absolute atomic E-state index is 0.00788. The lowest BCUT2D eigenvalue weighted by Gasteiger charge is -2.24. The normalized spacial score (nSPS) is 12.4. The van der Waals surface area contributed by atoms with Crippen LogP contribution in [0.15, 0.2) is 0 Å². The quantitative estimate of drug-likeness (QED) is 0.0410. The van der Waals surface area contributed by atoms with Gasteiger partial charge < -0.3 is 45.0 Å². The average molecular weight is 903 g/mol. The van der Waals surface area contributed by atoms with Gasteiger partial charge in [0.25, 0.3) is 0 Å². The van der Waals surface area contributed by atoms with Crippen LogP contribution < -0.4 is 21.3 Å². The Bertz CT molecular complexity index is 1190. The molecule has 362 valence electrons. The number of likely N-dealkylation sites (N-methyl/N-ethyl adjacent to an activating group) is 1. The van der Waals surface area contributed by atoms with Crippen LogP contribution in [-0.4, -0.2) is 137 Å². The van der Waals surface area contributed by atoms with E-state index in [2.05, 4.69) is 40.0 Å². The maximum absolute atomic E-state index is 12.8. The molecule has 0 bridgehead atoms. The molecule has 4 N–H and O–H groups in total. The van der Waals surface area contributed by atoms with E-state index >= 15 is 0 Å². The van der Waals surface area contributed by atoms with Gasteiger partial charge in [0.05, 0.1) is 39.1 Å². The smallest absolute Gasteiger partial charge is 0.329 e. The summed E-state index contributed by atoms with van der Waals surface area (Å²) in [4.78, 5) is 73.5. The summed E-state index contributed by atoms with van der Waals surface area (Å²) in [5.74, 6) is 1.21. The Morgan fingerprint density at radius 1 is 0.548 bits per heavy atom. The molecule has 0 heterocycles. The van der Waals surface area contributed by atoms with Crippen molar-refractivity contribution in [3.8, 4) is 0 Å². The molecule has 0 radical (unpaired) electrons. The van der Waals surface area contributed by atoms with Crippen LogP contribution in [0.3, 0.4) is 0 Å². The molecule has 3 amide bonds. The highest BCUT2D eigenvalue weighted by Crippen LogP contribution is 2.14. The first-order valence-electron chi connectivity index (χ1n) is 23.4. The maximum atomic E-state index is 12.8. The molecular weight excluding hydrogens is 817 g/mol. The van der Waals surface area contributed by atoms with Crippen molar-refractivity contribution in [2.24, 2.45) is 0 Å². The van der Waals surface area contributed by atoms with Gasteiger partial charge in [0.2, 0.25) is 17.7 Å². The van der Waals surface area contributed by atoms with Crippen LogP contribution in [-0.2, 0) is 52.5 Å². The predicted molar refractivity (Wildman–Crippen MR) is 246 cm³/mol. The van der Waals surface area contributed by atoms with Crippen molar-refractivity contribution >= 4 is 47.0 Å². The van der Waals surface area contributed by atoms with Crippen LogP contribution >= 0.6 is 11.8 Å². The lowest BCUT2D eigenvalue weighted by Crippen LogP contribution is -2.46. The molecule has 0 aliphatic heterocycles. The zero-order valence-corrected chi connectivity index (χ0v) is 40.3. The Hall–Kier alpha value is -2.63. The fourth-order valence-electron chi connectivity index (χ4n) is 6.17. The van der Waals surface area contributed by atoms with E-state index in [0.29, 0.717) is 65.0 Å². The van der Waals surface area contributed by atoms with Gasteiger partial charge in [-0.2, -0.15) is 11.8 Å². The molecular formula is C46H86N4O11S. The summed E-state index contributed by atoms with van der Waals surface area (Å²) in [5.41, 5.74) is -0.777. The Kier molecular flexibility index (Phi) is 39.4. The van der Waals surface area contributed by atoms with Crippen LogP contribution in [0, 0.1) is 0 Å². The standard InChI is InChI=1S/C46H86N4O11S/c1-7-8-9-10-13-18-34-62-35-19-14-11-12-15-23-42(53)49-27-29-58-31-32-59-36-39(52)21-20-28-57-30-33-60-37-44(55)50-41(45(56)61-46(3,4)5)24-25-43(54)48-26-17-16-22-40(47-6)38(2)51/h40-41,47H,7-37H2,1-6H3,(H,48,54)(H,49,53)(H,50,55). The number of amides is 3. The van der Waals surface area contributed by atoms with E-state index in [-0.39, 0.29) is 75.3 Å². The highest BCUT2D eigenvalue weighted by atomic mass is 32.2. The van der Waals surface area contributed by atoms with E-state index in [9.17, 15) is 28.8 Å². The Labute approximate surface area is 378 Å². The highest BCUT2D eigenvalue weighted by molar-refractivity contribution is 7.99. The number of ketones is 2. The van der Waals surface area contributed by atoms with E-state index in [1.165, 1.54) is 69.3 Å². The average Bonchev–Trinajstić information content (AvgIpc) is 3.21. The minimum atomic E-state index is -1.03. The van der Waals surface area contributed by atoms with Crippen molar-refractivity contribution in [2.45, 2.75) is 174 Å². The topological polar surface area (TPSA) is 197 Å². The number of hydrogen-bond acceptors (Lipinski definition) is 13. The zero-order valence-electron chi connectivity index (χ0n) is 39.5. The lowest BCUT2D eigenvalue weighted by molar-refractivity contribution is -0.159. The SMILES string of the molecule is CCCCCCCCSCCCCCCCC(=O)NCCOCCOCC(=O)CCCOCCOCC(=O)NC(CCC(=O)NCCCCC(NC)C(C)=O)C(=O)OC(C)(C)C. The van der Waals surface area contributed by atoms with E-state index in [0.717, 1.165) is 19.3 Å². The van der Waals surface area contributed by atoms with Gasteiger partial charge in [0, 0.05) is 39.0 Å². The molecule has 62 heavy (non-hydrogen) atoms. The van der Waals surface area contributed by atoms with Crippen molar-refractivity contribution in [1.29, 1.82) is 0 Å². The summed E-state index contributed by atoms with van der Waals surface area (Å²) in [7, 11) is 1.74. The number of ether oxygens (including phenoxy) is 5. The molecule has 0 aliphatic carbocycles. The number of carbonyl (C=O) groups is 6. The predicted octanol–water partition coefficient (Wildman–Crippen LogP) is 6.02. The maximum Gasteiger partial charge on any atom is 0.329 e. The van der Waals surface area contributed by atoms with Crippen LogP contribution in [0.25, 0.3) is 0 Å². The van der Waals surface area contributed by atoms with Crippen molar-refractivity contribution in [3.63, 3.8) is 0 Å². The van der Waals surface area contributed by atoms with Crippen LogP contribution in [0.2, 0.25) is 0 Å². The number of rotatable bonds is 44. The zero-order chi connectivity index (χ0) is 46.1. The molecule has 0 rings (SSSR count). The van der Waals surface area contributed by atoms with E-state index in [4.69, 9.17) is 23.7 Å². The molecule has 0 aromatic heterocycles. The molecule has 0 aromatic carbocycles. The Morgan fingerprint density at radius 3 is 1.77 bits per heavy atom. The first kappa shape index (κ1) is 59.4. The number of hydrogen-bond donors (Lipinski definition) is 4. The van der Waals surface area contributed by atoms with Crippen molar-refractivity contribution < 1.29 is 52.5 Å². The Morgan fingerprint density at radius 2 is 1.13 bits per heavy atom. The molecule has 0 saturated carbocycles. The fraction of sp³-hybridized carbons (Fsp3) is 0.870. The van der Waals surface area contributed by atoms with Gasteiger partial charge in [-0.05, 0) is 97.6 Å². The Balaban J connectivity index is 3.86. The summed E-state index contributed by atoms with van der Waals surface area (Å²) < 4.78 is 27.2. The fourth-order valence-corrected chi connectivity index (χ4v) is 7.19. The number of Topliss-reactive ketones (excluding diaryl/α,β-unsaturated/α-hetero) is 2. The van der Waals surface area contributed by atoms with Crippen LogP contribution in [0.5, 0.6) is 0 Å². The number of carbonyl (C=O) groups excluding carboxylic acids is 6. The van der Waals surface area contributed by atoms with Gasteiger partial charge in [-0.25, -0.2) is 4.79 Å². The molecule has 2 unspecified atom stereocenters. The van der Waals surface area contributed by atoms with E-state index in [1.54, 1.807) is 34.7 Å². The van der Waals surface area contributed by atoms with Gasteiger partial charge in [-0.15, -0.1) is 0 Å². The summed E-state index contributed by atoms with van der Waals surface area (Å²) in [6.07, 6.45) is 17.4. The number of esters is 1. The van der Waals surface area contributed by atoms with Crippen molar-refractivity contribution in [3.05, 3.63) is 0 Å². The molecule has 16 heteroatoms. The molecule has 2 atom stereocenters. The molecule has 0 aliphatic rings. The monoisotopic (exact) mass is 903 g/mol. The second-order valence-corrected chi connectivity index (χ2v) is 17.9. The number of thioether (sulfide) groups is 1. The first-order chi connectivity index (χ1) is 29.8. The van der Waals surface area contributed by atoms with Gasteiger partial charge in [0.1, 0.15) is 30.6 Å². The minimum Gasteiger partial charge on any atom is -0.458 e. The summed E-state index contributed by atoms with van der Waals surface area (Å²) in [6, 6.07) is -1.22. The second kappa shape index (κ2) is 41.1. The van der Waals surface area contributed by atoms with E-state index in [1.807, 2.05) is 0 Å². The van der Waals surface area contributed by atoms with Gasteiger partial charge in [-0.3, -0.25) is 24.0 Å². The second-order valence-electron chi connectivity index (χ2n) is 16.7. The highest BCUT2D eigenvalue weighted by Gasteiger charge is 2.27. The molecule has 0 fully saturated rings. The molecule has 0 aromatic rings. The van der Waals surface area contributed by atoms with Gasteiger partial charge in [0.15, 0.2) is 5.78 Å². The number of unbranched alkanes of at least 4 members (excludes halogenated alkanes) is 10.